The van der Waals surface area contributed by atoms with Gasteiger partial charge in [0.2, 0.25) is 5.76 Å². The molecule has 6 nitrogen and oxygen atoms in total. The molecule has 0 radical (unpaired) electrons. The molecule has 2 aromatic rings. The summed E-state index contributed by atoms with van der Waals surface area (Å²) in [6.45, 7) is 4.55. The smallest absolute Gasteiger partial charge is 0.333 e. The lowest BCUT2D eigenvalue weighted by atomic mass is 9.92. The molecule has 0 aliphatic carbocycles. The molecule has 1 heterocycles. The number of carbonyl (C=O) groups excluding carboxylic acids is 1. The van der Waals surface area contributed by atoms with Gasteiger partial charge in [-0.15, -0.1) is 0 Å². The molecule has 0 aliphatic rings. The summed E-state index contributed by atoms with van der Waals surface area (Å²) in [4.78, 5) is 28.1. The lowest BCUT2D eigenvalue weighted by Crippen LogP contribution is -2.49. The molecule has 0 aliphatic heterocycles. The van der Waals surface area contributed by atoms with Gasteiger partial charge in [-0.25, -0.2) is 9.78 Å². The summed E-state index contributed by atoms with van der Waals surface area (Å²) in [5, 5.41) is 12.5. The number of carboxylic acids is 1. The average Bonchev–Trinajstić information content (AvgIpc) is 2.80. The van der Waals surface area contributed by atoms with Gasteiger partial charge in [0.25, 0.3) is 5.91 Å². The Balaban J connectivity index is 2.41. The molecule has 1 amide bonds. The van der Waals surface area contributed by atoms with Crippen LogP contribution < -0.4 is 5.32 Å². The number of aliphatic carboxylic acids is 1. The van der Waals surface area contributed by atoms with Crippen LogP contribution in [0.1, 0.15) is 34.6 Å². The number of aromatic nitrogens is 1. The zero-order chi connectivity index (χ0) is 17.4. The van der Waals surface area contributed by atoms with Crippen molar-refractivity contribution < 1.29 is 19.1 Å². The molecule has 23 heavy (non-hydrogen) atoms. The largest absolute Gasteiger partial charge is 0.479 e. The SMILES string of the molecule is Cc1nc(C)c(C(=O)NC(C)(C(=O)O)c2ccc(Cl)c(Cl)c2)o1. The third kappa shape index (κ3) is 3.33. The summed E-state index contributed by atoms with van der Waals surface area (Å²) in [5.41, 5.74) is -1.05. The maximum atomic E-state index is 12.4. The normalized spacial score (nSPS) is 13.4. The van der Waals surface area contributed by atoms with Crippen molar-refractivity contribution in [2.45, 2.75) is 26.3 Å². The number of rotatable bonds is 4. The van der Waals surface area contributed by atoms with Crippen LogP contribution in [0.5, 0.6) is 0 Å². The van der Waals surface area contributed by atoms with Gasteiger partial charge in [-0.2, -0.15) is 0 Å². The van der Waals surface area contributed by atoms with Gasteiger partial charge in [-0.05, 0) is 31.5 Å². The lowest BCUT2D eigenvalue weighted by molar-refractivity contribution is -0.144. The van der Waals surface area contributed by atoms with Crippen molar-refractivity contribution in [2.24, 2.45) is 0 Å². The first kappa shape index (κ1) is 17.3. The van der Waals surface area contributed by atoms with Gasteiger partial charge in [0.05, 0.1) is 15.7 Å². The predicted octanol–water partition coefficient (Wildman–Crippen LogP) is 3.33. The van der Waals surface area contributed by atoms with Gasteiger partial charge in [-0.3, -0.25) is 4.79 Å². The van der Waals surface area contributed by atoms with Crippen LogP contribution in [0.3, 0.4) is 0 Å². The van der Waals surface area contributed by atoms with Gasteiger partial charge in [0.1, 0.15) is 0 Å². The fourth-order valence-electron chi connectivity index (χ4n) is 2.08. The topological polar surface area (TPSA) is 92.4 Å². The number of hydrogen-bond donors (Lipinski definition) is 2. The number of oxazole rings is 1. The summed E-state index contributed by atoms with van der Waals surface area (Å²) < 4.78 is 5.22. The first-order chi connectivity index (χ1) is 10.6. The molecular weight excluding hydrogens is 343 g/mol. The second-order valence-electron chi connectivity index (χ2n) is 5.16. The van der Waals surface area contributed by atoms with E-state index < -0.39 is 17.4 Å². The van der Waals surface area contributed by atoms with Gasteiger partial charge >= 0.3 is 5.97 Å². The van der Waals surface area contributed by atoms with Crippen molar-refractivity contribution in [3.63, 3.8) is 0 Å². The number of benzene rings is 1. The van der Waals surface area contributed by atoms with E-state index in [1.807, 2.05) is 0 Å². The maximum Gasteiger partial charge on any atom is 0.333 e. The molecule has 1 aromatic carbocycles. The van der Waals surface area contributed by atoms with Gasteiger partial charge in [0.15, 0.2) is 11.4 Å². The Bertz CT molecular complexity index is 788. The van der Waals surface area contributed by atoms with E-state index in [9.17, 15) is 14.7 Å². The fourth-order valence-corrected chi connectivity index (χ4v) is 2.38. The monoisotopic (exact) mass is 356 g/mol. The molecule has 122 valence electrons. The number of carboxylic acid groups (broad SMARTS) is 1. The Hall–Kier alpha value is -2.05. The molecule has 0 saturated carbocycles. The molecule has 0 spiro atoms. The van der Waals surface area contributed by atoms with E-state index in [0.29, 0.717) is 11.6 Å². The Kier molecular flexibility index (Phi) is 4.68. The van der Waals surface area contributed by atoms with Gasteiger partial charge < -0.3 is 14.8 Å². The van der Waals surface area contributed by atoms with Crippen LogP contribution in [-0.2, 0) is 10.3 Å². The average molecular weight is 357 g/mol. The number of aryl methyl sites for hydroxylation is 2. The van der Waals surface area contributed by atoms with Crippen LogP contribution in [0.15, 0.2) is 22.6 Å². The third-order valence-electron chi connectivity index (χ3n) is 3.40. The molecule has 1 unspecified atom stereocenters. The van der Waals surface area contributed by atoms with E-state index in [1.54, 1.807) is 13.8 Å². The van der Waals surface area contributed by atoms with Gasteiger partial charge in [0, 0.05) is 6.92 Å². The highest BCUT2D eigenvalue weighted by Gasteiger charge is 2.38. The van der Waals surface area contributed by atoms with Crippen molar-refractivity contribution in [2.75, 3.05) is 0 Å². The molecule has 0 fully saturated rings. The third-order valence-corrected chi connectivity index (χ3v) is 4.14. The van der Waals surface area contributed by atoms with E-state index in [-0.39, 0.29) is 21.4 Å². The number of nitrogens with one attached hydrogen (secondary N) is 1. The summed E-state index contributed by atoms with van der Waals surface area (Å²) in [7, 11) is 0. The van der Waals surface area contributed by atoms with E-state index in [0.717, 1.165) is 0 Å². The van der Waals surface area contributed by atoms with Crippen molar-refractivity contribution in [3.05, 3.63) is 51.2 Å². The summed E-state index contributed by atoms with van der Waals surface area (Å²) in [5.74, 6) is -1.65. The highest BCUT2D eigenvalue weighted by molar-refractivity contribution is 6.42. The first-order valence-electron chi connectivity index (χ1n) is 6.60. The number of nitrogens with zero attached hydrogens (tertiary/aromatic N) is 1. The molecular formula is C15H14Cl2N2O4. The van der Waals surface area contributed by atoms with Crippen molar-refractivity contribution in [1.82, 2.24) is 10.3 Å². The Morgan fingerprint density at radius 2 is 1.91 bits per heavy atom. The van der Waals surface area contributed by atoms with Crippen molar-refractivity contribution >= 4 is 35.1 Å². The number of hydrogen-bond acceptors (Lipinski definition) is 4. The minimum atomic E-state index is -1.71. The Morgan fingerprint density at radius 1 is 1.26 bits per heavy atom. The Morgan fingerprint density at radius 3 is 2.39 bits per heavy atom. The van der Waals surface area contributed by atoms with Crippen LogP contribution in [-0.4, -0.2) is 22.0 Å². The number of halogens is 2. The second-order valence-corrected chi connectivity index (χ2v) is 5.97. The quantitative estimate of drug-likeness (QED) is 0.876. The highest BCUT2D eigenvalue weighted by atomic mass is 35.5. The first-order valence-corrected chi connectivity index (χ1v) is 7.36. The minimum Gasteiger partial charge on any atom is -0.479 e. The zero-order valence-corrected chi connectivity index (χ0v) is 14.1. The molecule has 8 heteroatoms. The Labute approximate surface area is 142 Å². The van der Waals surface area contributed by atoms with Crippen LogP contribution >= 0.6 is 23.2 Å². The van der Waals surface area contributed by atoms with Crippen LogP contribution in [0.2, 0.25) is 10.0 Å². The van der Waals surface area contributed by atoms with Crippen LogP contribution in [0.4, 0.5) is 0 Å². The molecule has 0 bridgehead atoms. The van der Waals surface area contributed by atoms with E-state index in [2.05, 4.69) is 10.3 Å². The van der Waals surface area contributed by atoms with Crippen LogP contribution in [0, 0.1) is 13.8 Å². The fraction of sp³-hybridized carbons (Fsp3) is 0.267. The van der Waals surface area contributed by atoms with E-state index >= 15 is 0 Å². The molecule has 2 N–H and O–H groups in total. The van der Waals surface area contributed by atoms with Gasteiger partial charge in [-0.1, -0.05) is 29.3 Å². The molecule has 1 atom stereocenters. The second kappa shape index (κ2) is 6.22. The highest BCUT2D eigenvalue weighted by Crippen LogP contribution is 2.29. The lowest BCUT2D eigenvalue weighted by Gasteiger charge is -2.26. The molecule has 0 saturated heterocycles. The van der Waals surface area contributed by atoms with E-state index in [1.165, 1.54) is 25.1 Å². The zero-order valence-electron chi connectivity index (χ0n) is 12.6. The maximum absolute atomic E-state index is 12.4. The predicted molar refractivity (Wildman–Crippen MR) is 84.9 cm³/mol. The molecule has 1 aromatic heterocycles. The minimum absolute atomic E-state index is 0.0324. The van der Waals surface area contributed by atoms with E-state index in [4.69, 9.17) is 27.6 Å². The summed E-state index contributed by atoms with van der Waals surface area (Å²) >= 11 is 11.8. The van der Waals surface area contributed by atoms with Crippen molar-refractivity contribution in [1.29, 1.82) is 0 Å². The molecule has 2 rings (SSSR count). The van der Waals surface area contributed by atoms with Crippen LogP contribution in [0.25, 0.3) is 0 Å². The number of amides is 1. The summed E-state index contributed by atoms with van der Waals surface area (Å²) in [6, 6.07) is 4.36. The number of carbonyl (C=O) groups is 2. The summed E-state index contributed by atoms with van der Waals surface area (Å²) in [6.07, 6.45) is 0. The van der Waals surface area contributed by atoms with Crippen molar-refractivity contribution in [3.8, 4) is 0 Å². The standard InChI is InChI=1S/C15H14Cl2N2O4/c1-7-12(23-8(2)18-7)13(20)19-15(3,14(21)22)9-4-5-10(16)11(17)6-9/h4-6H,1-3H3,(H,19,20)(H,21,22).